The van der Waals surface area contributed by atoms with Gasteiger partial charge in [-0.05, 0) is 18.6 Å². The van der Waals surface area contributed by atoms with Crippen molar-refractivity contribution >= 4 is 17.3 Å². The number of H-pyrrole nitrogens is 1. The number of hydrogen-bond acceptors (Lipinski definition) is 9. The van der Waals surface area contributed by atoms with Crippen molar-refractivity contribution in [1.82, 2.24) is 24.2 Å². The van der Waals surface area contributed by atoms with Crippen LogP contribution in [0.3, 0.4) is 0 Å². The summed E-state index contributed by atoms with van der Waals surface area (Å²) in [5.74, 6) is 0.447. The molecule has 0 saturated carbocycles. The first kappa shape index (κ1) is 24.9. The van der Waals surface area contributed by atoms with E-state index in [1.54, 1.807) is 7.05 Å². The van der Waals surface area contributed by atoms with Crippen LogP contribution in [0.25, 0.3) is 0 Å². The predicted molar refractivity (Wildman–Crippen MR) is 131 cm³/mol. The topological polar surface area (TPSA) is 149 Å². The Hall–Kier alpha value is -4.26. The Morgan fingerprint density at radius 3 is 2.53 bits per heavy atom. The Labute approximate surface area is 205 Å². The van der Waals surface area contributed by atoms with Gasteiger partial charge in [0.1, 0.15) is 17.3 Å². The molecule has 1 fully saturated rings. The second-order valence-corrected chi connectivity index (χ2v) is 8.51. The smallest absolute Gasteiger partial charge is 0.332 e. The van der Waals surface area contributed by atoms with Crippen LogP contribution >= 0.6 is 0 Å². The summed E-state index contributed by atoms with van der Waals surface area (Å²) in [6, 6.07) is 6.94. The molecule has 36 heavy (non-hydrogen) atoms. The molecular weight excluding hydrogens is 470 g/mol. The summed E-state index contributed by atoms with van der Waals surface area (Å²) in [6.45, 7) is 3.93. The number of rotatable bonds is 9. The molecule has 0 aliphatic carbocycles. The number of ketones is 1. The molecule has 0 bridgehead atoms. The third kappa shape index (κ3) is 5.20. The Morgan fingerprint density at radius 1 is 1.11 bits per heavy atom. The van der Waals surface area contributed by atoms with Crippen molar-refractivity contribution in [2.75, 3.05) is 44.2 Å². The van der Waals surface area contributed by atoms with Crippen LogP contribution < -0.4 is 20.9 Å². The minimum absolute atomic E-state index is 0.0988. The second-order valence-electron chi connectivity index (χ2n) is 8.51. The maximum Gasteiger partial charge on any atom is 0.332 e. The van der Waals surface area contributed by atoms with Crippen LogP contribution in [0.5, 0.6) is 5.75 Å². The van der Waals surface area contributed by atoms with Crippen LogP contribution in [-0.2, 0) is 14.1 Å². The van der Waals surface area contributed by atoms with Gasteiger partial charge in [-0.1, -0.05) is 0 Å². The molecule has 0 amide bonds. The van der Waals surface area contributed by atoms with E-state index in [0.717, 1.165) is 24.2 Å². The predicted octanol–water partition coefficient (Wildman–Crippen LogP) is 0.537. The largest absolute Gasteiger partial charge is 0.493 e. The van der Waals surface area contributed by atoms with E-state index in [-0.39, 0.29) is 33.9 Å². The number of nitrogens with one attached hydrogen (secondary N) is 1. The average Bonchev–Trinajstić information content (AvgIpc) is 3.42. The number of benzene rings is 1. The highest BCUT2D eigenvalue weighted by atomic mass is 16.6. The molecule has 0 atom stereocenters. The molecule has 1 saturated heterocycles. The van der Waals surface area contributed by atoms with Gasteiger partial charge in [0, 0.05) is 71.2 Å². The molecule has 13 heteroatoms. The Bertz CT molecular complexity index is 1370. The highest BCUT2D eigenvalue weighted by molar-refractivity contribution is 6.09. The molecule has 1 aromatic carbocycles. The van der Waals surface area contributed by atoms with E-state index in [9.17, 15) is 24.5 Å². The van der Waals surface area contributed by atoms with Crippen LogP contribution in [0.1, 0.15) is 22.5 Å². The zero-order valence-corrected chi connectivity index (χ0v) is 20.0. The zero-order valence-electron chi connectivity index (χ0n) is 20.0. The first-order valence-corrected chi connectivity index (χ1v) is 11.5. The van der Waals surface area contributed by atoms with Gasteiger partial charge in [-0.2, -0.15) is 5.10 Å². The number of aromatic amines is 1. The molecule has 3 aromatic rings. The van der Waals surface area contributed by atoms with Crippen LogP contribution in [0.15, 0.2) is 46.1 Å². The van der Waals surface area contributed by atoms with Gasteiger partial charge in [-0.3, -0.25) is 38.8 Å². The van der Waals surface area contributed by atoms with Gasteiger partial charge in [0.25, 0.3) is 11.2 Å². The van der Waals surface area contributed by atoms with E-state index in [2.05, 4.69) is 15.1 Å². The third-order valence-electron chi connectivity index (χ3n) is 6.24. The highest BCUT2D eigenvalue weighted by Crippen LogP contribution is 2.26. The summed E-state index contributed by atoms with van der Waals surface area (Å²) in [7, 11) is 3.12. The molecular formula is C23H27N7O6. The summed E-state index contributed by atoms with van der Waals surface area (Å²) >= 11 is 0. The van der Waals surface area contributed by atoms with E-state index in [0.29, 0.717) is 31.9 Å². The Morgan fingerprint density at radius 2 is 1.86 bits per heavy atom. The molecule has 1 N–H and O–H groups in total. The van der Waals surface area contributed by atoms with Gasteiger partial charge < -0.3 is 9.64 Å². The molecule has 0 unspecified atom stereocenters. The van der Waals surface area contributed by atoms with Crippen molar-refractivity contribution in [3.05, 3.63) is 78.7 Å². The molecule has 1 aliphatic heterocycles. The van der Waals surface area contributed by atoms with Crippen LogP contribution in [0.4, 0.5) is 11.5 Å². The Balaban J connectivity index is 1.32. The fourth-order valence-corrected chi connectivity index (χ4v) is 4.16. The standard InChI is InChI=1S/C23H27N7O6/c1-26-20(15-21(31)27(2)23(26)33)29-11-9-28(10-12-29)8-3-13-36-19-5-4-16(30(34)35)14-17(19)22(32)18-6-7-24-25-18/h4-7,14-15H,3,8-13H2,1-2H3,(H,24,25). The number of non-ortho nitro benzene ring substituents is 1. The van der Waals surface area contributed by atoms with Crippen molar-refractivity contribution in [3.8, 4) is 5.75 Å². The van der Waals surface area contributed by atoms with Crippen molar-refractivity contribution in [2.45, 2.75) is 6.42 Å². The van der Waals surface area contributed by atoms with Crippen LogP contribution in [-0.4, -0.2) is 74.3 Å². The molecule has 1 aliphatic rings. The van der Waals surface area contributed by atoms with Gasteiger partial charge in [-0.15, -0.1) is 0 Å². The maximum atomic E-state index is 12.8. The number of ether oxygens (including phenoxy) is 1. The first-order chi connectivity index (χ1) is 17.3. The molecule has 2 aromatic heterocycles. The van der Waals surface area contributed by atoms with Crippen molar-refractivity contribution < 1.29 is 14.5 Å². The quantitative estimate of drug-likeness (QED) is 0.193. The highest BCUT2D eigenvalue weighted by Gasteiger charge is 2.22. The lowest BCUT2D eigenvalue weighted by atomic mass is 10.1. The van der Waals surface area contributed by atoms with Crippen molar-refractivity contribution in [2.24, 2.45) is 14.1 Å². The summed E-state index contributed by atoms with van der Waals surface area (Å²) in [6.07, 6.45) is 2.11. The maximum absolute atomic E-state index is 12.8. The number of carbonyl (C=O) groups is 1. The third-order valence-corrected chi connectivity index (χ3v) is 6.24. The lowest BCUT2D eigenvalue weighted by Gasteiger charge is -2.36. The lowest BCUT2D eigenvalue weighted by molar-refractivity contribution is -0.384. The Kier molecular flexibility index (Phi) is 7.29. The molecule has 0 spiro atoms. The van der Waals surface area contributed by atoms with Gasteiger partial charge in [-0.25, -0.2) is 4.79 Å². The summed E-state index contributed by atoms with van der Waals surface area (Å²) in [5.41, 5.74) is -0.566. The number of aromatic nitrogens is 4. The fraction of sp³-hybridized carbons (Fsp3) is 0.391. The monoisotopic (exact) mass is 497 g/mol. The number of piperazine rings is 1. The molecule has 3 heterocycles. The second kappa shape index (κ2) is 10.6. The molecule has 0 radical (unpaired) electrons. The summed E-state index contributed by atoms with van der Waals surface area (Å²) in [5, 5.41) is 17.5. The zero-order chi connectivity index (χ0) is 25.8. The van der Waals surface area contributed by atoms with E-state index < -0.39 is 10.7 Å². The van der Waals surface area contributed by atoms with E-state index in [4.69, 9.17) is 4.74 Å². The SMILES string of the molecule is Cn1c(N2CCN(CCCOc3ccc([N+](=O)[O-])cc3C(=O)c3ccn[nH]3)CC2)cc(=O)n(C)c1=O. The lowest BCUT2D eigenvalue weighted by Crippen LogP contribution is -2.49. The molecule has 13 nitrogen and oxygen atoms in total. The number of nitro groups is 1. The number of anilines is 1. The van der Waals surface area contributed by atoms with Crippen molar-refractivity contribution in [1.29, 1.82) is 0 Å². The summed E-state index contributed by atoms with van der Waals surface area (Å²) < 4.78 is 8.40. The minimum atomic E-state index is -0.557. The van der Waals surface area contributed by atoms with E-state index >= 15 is 0 Å². The minimum Gasteiger partial charge on any atom is -0.493 e. The fourth-order valence-electron chi connectivity index (χ4n) is 4.16. The average molecular weight is 498 g/mol. The molecule has 4 rings (SSSR count). The number of nitro benzene ring substituents is 1. The number of hydrogen-bond donors (Lipinski definition) is 1. The van der Waals surface area contributed by atoms with Gasteiger partial charge in [0.15, 0.2) is 0 Å². The van der Waals surface area contributed by atoms with Gasteiger partial charge in [0.05, 0.1) is 17.1 Å². The normalized spacial score (nSPS) is 14.1. The van der Waals surface area contributed by atoms with E-state index in [1.807, 2.05) is 4.90 Å². The van der Waals surface area contributed by atoms with E-state index in [1.165, 1.54) is 48.1 Å². The van der Waals surface area contributed by atoms with Crippen LogP contribution in [0.2, 0.25) is 0 Å². The summed E-state index contributed by atoms with van der Waals surface area (Å²) in [4.78, 5) is 51.9. The van der Waals surface area contributed by atoms with Gasteiger partial charge >= 0.3 is 5.69 Å². The first-order valence-electron chi connectivity index (χ1n) is 11.5. The number of carbonyl (C=O) groups excluding carboxylic acids is 1. The number of nitrogens with zero attached hydrogens (tertiary/aromatic N) is 6. The molecule has 190 valence electrons. The van der Waals surface area contributed by atoms with Gasteiger partial charge in [0.2, 0.25) is 5.78 Å². The van der Waals surface area contributed by atoms with Crippen molar-refractivity contribution in [3.63, 3.8) is 0 Å². The van der Waals surface area contributed by atoms with Crippen LogP contribution in [0, 0.1) is 10.1 Å².